The molecule has 1 aromatic rings. The second-order valence-corrected chi connectivity index (χ2v) is 6.01. The van der Waals surface area contributed by atoms with Gasteiger partial charge in [0.1, 0.15) is 0 Å². The number of nitrogens with one attached hydrogen (secondary N) is 2. The van der Waals surface area contributed by atoms with Crippen LogP contribution in [0.2, 0.25) is 10.0 Å². The molecule has 2 N–H and O–H groups in total. The number of benzene rings is 1. The van der Waals surface area contributed by atoms with Crippen molar-refractivity contribution in [1.29, 1.82) is 0 Å². The van der Waals surface area contributed by atoms with Gasteiger partial charge in [0.05, 0.1) is 29.8 Å². The van der Waals surface area contributed by atoms with Crippen LogP contribution >= 0.6 is 23.2 Å². The minimum absolute atomic E-state index is 0.120. The van der Waals surface area contributed by atoms with E-state index in [-0.39, 0.29) is 12.0 Å². The molecule has 0 saturated carbocycles. The van der Waals surface area contributed by atoms with Gasteiger partial charge in [-0.2, -0.15) is 0 Å². The van der Waals surface area contributed by atoms with Gasteiger partial charge in [-0.15, -0.1) is 0 Å². The van der Waals surface area contributed by atoms with Crippen LogP contribution in [0.25, 0.3) is 0 Å². The number of hydrogen-bond donors (Lipinski definition) is 2. The van der Waals surface area contributed by atoms with Crippen molar-refractivity contribution in [1.82, 2.24) is 5.32 Å². The highest BCUT2D eigenvalue weighted by atomic mass is 35.5. The Kier molecular flexibility index (Phi) is 6.30. The van der Waals surface area contributed by atoms with Crippen molar-refractivity contribution in [2.45, 2.75) is 32.3 Å². The van der Waals surface area contributed by atoms with E-state index in [1.807, 2.05) is 6.92 Å². The lowest BCUT2D eigenvalue weighted by molar-refractivity contribution is -0.117. The maximum atomic E-state index is 11.9. The Morgan fingerprint density at radius 2 is 2.05 bits per heavy atom. The molecule has 1 saturated heterocycles. The van der Waals surface area contributed by atoms with E-state index in [2.05, 4.69) is 10.6 Å². The number of rotatable bonds is 5. The Hall–Kier alpha value is -0.810. The zero-order valence-electron chi connectivity index (χ0n) is 12.0. The average molecular weight is 331 g/mol. The molecule has 0 aliphatic carbocycles. The maximum absolute atomic E-state index is 11.9. The molecule has 1 amide bonds. The van der Waals surface area contributed by atoms with Gasteiger partial charge in [-0.05, 0) is 50.6 Å². The summed E-state index contributed by atoms with van der Waals surface area (Å²) in [7, 11) is 0. The minimum Gasteiger partial charge on any atom is -0.378 e. The summed E-state index contributed by atoms with van der Waals surface area (Å²) >= 11 is 12.1. The van der Waals surface area contributed by atoms with Crippen LogP contribution in [0.4, 0.5) is 5.69 Å². The number of aryl methyl sites for hydroxylation is 1. The lowest BCUT2D eigenvalue weighted by Crippen LogP contribution is -2.33. The first-order valence-electron chi connectivity index (χ1n) is 7.14. The third kappa shape index (κ3) is 5.15. The third-order valence-electron chi connectivity index (χ3n) is 3.49. The highest BCUT2D eigenvalue weighted by molar-refractivity contribution is 6.36. The van der Waals surface area contributed by atoms with Crippen molar-refractivity contribution >= 4 is 34.8 Å². The van der Waals surface area contributed by atoms with Crippen molar-refractivity contribution in [2.24, 2.45) is 0 Å². The van der Waals surface area contributed by atoms with E-state index in [0.29, 0.717) is 28.8 Å². The molecule has 1 aliphatic heterocycles. The van der Waals surface area contributed by atoms with E-state index >= 15 is 0 Å². The number of anilines is 1. The van der Waals surface area contributed by atoms with E-state index < -0.39 is 0 Å². The molecule has 0 spiro atoms. The molecule has 0 unspecified atom stereocenters. The van der Waals surface area contributed by atoms with Crippen molar-refractivity contribution < 1.29 is 9.53 Å². The Morgan fingerprint density at radius 1 is 1.33 bits per heavy atom. The van der Waals surface area contributed by atoms with Gasteiger partial charge in [0.2, 0.25) is 5.91 Å². The summed E-state index contributed by atoms with van der Waals surface area (Å²) in [6, 6.07) is 3.41. The summed E-state index contributed by atoms with van der Waals surface area (Å²) in [5.41, 5.74) is 1.42. The second kappa shape index (κ2) is 7.99. The predicted octanol–water partition coefficient (Wildman–Crippen LogP) is 3.40. The van der Waals surface area contributed by atoms with Crippen LogP contribution in [0.3, 0.4) is 0 Å². The van der Waals surface area contributed by atoms with Gasteiger partial charge >= 0.3 is 0 Å². The predicted molar refractivity (Wildman–Crippen MR) is 86.3 cm³/mol. The Bertz CT molecular complexity index is 503. The largest absolute Gasteiger partial charge is 0.378 e. The first-order valence-corrected chi connectivity index (χ1v) is 7.89. The van der Waals surface area contributed by atoms with Crippen molar-refractivity contribution in [2.75, 3.05) is 25.0 Å². The summed E-state index contributed by atoms with van der Waals surface area (Å²) in [4.78, 5) is 11.9. The lowest BCUT2D eigenvalue weighted by Gasteiger charge is -2.22. The highest BCUT2D eigenvalue weighted by Gasteiger charge is 2.14. The zero-order chi connectivity index (χ0) is 15.2. The fraction of sp³-hybridized carbons (Fsp3) is 0.533. The third-order valence-corrected chi connectivity index (χ3v) is 4.21. The summed E-state index contributed by atoms with van der Waals surface area (Å²) in [5, 5.41) is 7.12. The van der Waals surface area contributed by atoms with E-state index in [1.54, 1.807) is 12.1 Å². The molecule has 21 heavy (non-hydrogen) atoms. The monoisotopic (exact) mass is 330 g/mol. The van der Waals surface area contributed by atoms with Crippen molar-refractivity contribution in [3.63, 3.8) is 0 Å². The number of hydrogen-bond acceptors (Lipinski definition) is 3. The second-order valence-electron chi connectivity index (χ2n) is 5.20. The molecular weight excluding hydrogens is 311 g/mol. The fourth-order valence-electron chi connectivity index (χ4n) is 2.24. The van der Waals surface area contributed by atoms with E-state index in [1.165, 1.54) is 0 Å². The molecule has 0 radical (unpaired) electrons. The molecule has 2 rings (SSSR count). The SMILES string of the molecule is Cc1cc(Cl)c(NC(=O)CCOC2CCNCC2)cc1Cl. The number of carbonyl (C=O) groups excluding carboxylic acids is 1. The van der Waals surface area contributed by atoms with Gasteiger partial charge in [0.15, 0.2) is 0 Å². The number of halogens is 2. The molecule has 0 bridgehead atoms. The quantitative estimate of drug-likeness (QED) is 0.869. The normalized spacial score (nSPS) is 16.0. The van der Waals surface area contributed by atoms with Gasteiger partial charge in [0, 0.05) is 5.02 Å². The summed E-state index contributed by atoms with van der Waals surface area (Å²) in [6.07, 6.45) is 2.57. The lowest BCUT2D eigenvalue weighted by atomic mass is 10.1. The van der Waals surface area contributed by atoms with Gasteiger partial charge in [-0.25, -0.2) is 0 Å². The maximum Gasteiger partial charge on any atom is 0.226 e. The molecule has 1 heterocycles. The van der Waals surface area contributed by atoms with Gasteiger partial charge in [0.25, 0.3) is 0 Å². The Balaban J connectivity index is 1.77. The first kappa shape index (κ1) is 16.6. The topological polar surface area (TPSA) is 50.4 Å². The van der Waals surface area contributed by atoms with Crippen LogP contribution in [0.15, 0.2) is 12.1 Å². The van der Waals surface area contributed by atoms with E-state index in [4.69, 9.17) is 27.9 Å². The van der Waals surface area contributed by atoms with Gasteiger partial charge < -0.3 is 15.4 Å². The summed E-state index contributed by atoms with van der Waals surface area (Å²) < 4.78 is 5.70. The fourth-order valence-corrected chi connectivity index (χ4v) is 2.66. The molecule has 116 valence electrons. The minimum atomic E-state index is -0.120. The molecule has 1 aliphatic rings. The molecule has 4 nitrogen and oxygen atoms in total. The number of amides is 1. The van der Waals surface area contributed by atoms with Crippen LogP contribution in [0.1, 0.15) is 24.8 Å². The van der Waals surface area contributed by atoms with Crippen molar-refractivity contribution in [3.8, 4) is 0 Å². The zero-order valence-corrected chi connectivity index (χ0v) is 13.6. The average Bonchev–Trinajstić information content (AvgIpc) is 2.46. The molecule has 0 atom stereocenters. The van der Waals surface area contributed by atoms with Crippen LogP contribution < -0.4 is 10.6 Å². The van der Waals surface area contributed by atoms with E-state index in [9.17, 15) is 4.79 Å². The molecular formula is C15H20Cl2N2O2. The van der Waals surface area contributed by atoms with Crippen LogP contribution in [-0.4, -0.2) is 31.7 Å². The molecule has 1 fully saturated rings. The Morgan fingerprint density at radius 3 is 2.76 bits per heavy atom. The number of carbonyl (C=O) groups is 1. The molecule has 6 heteroatoms. The van der Waals surface area contributed by atoms with Crippen molar-refractivity contribution in [3.05, 3.63) is 27.7 Å². The highest BCUT2D eigenvalue weighted by Crippen LogP contribution is 2.28. The van der Waals surface area contributed by atoms with Gasteiger partial charge in [-0.3, -0.25) is 4.79 Å². The van der Waals surface area contributed by atoms with Crippen LogP contribution in [0, 0.1) is 6.92 Å². The van der Waals surface area contributed by atoms with Gasteiger partial charge in [-0.1, -0.05) is 23.2 Å². The van der Waals surface area contributed by atoms with Crippen LogP contribution in [0.5, 0.6) is 0 Å². The Labute approximate surface area is 135 Å². The number of ether oxygens (including phenoxy) is 1. The first-order chi connectivity index (χ1) is 10.1. The number of piperidine rings is 1. The smallest absolute Gasteiger partial charge is 0.226 e. The summed E-state index contributed by atoms with van der Waals surface area (Å²) in [5.74, 6) is -0.120. The molecule has 0 aromatic heterocycles. The summed E-state index contributed by atoms with van der Waals surface area (Å²) in [6.45, 7) is 4.25. The van der Waals surface area contributed by atoms with Crippen LogP contribution in [-0.2, 0) is 9.53 Å². The molecule has 1 aromatic carbocycles. The standard InChI is InChI=1S/C15H20Cl2N2O2/c1-10-8-13(17)14(9-12(10)16)19-15(20)4-7-21-11-2-5-18-6-3-11/h8-9,11,18H,2-7H2,1H3,(H,19,20). The van der Waals surface area contributed by atoms with E-state index in [0.717, 1.165) is 31.5 Å².